The van der Waals surface area contributed by atoms with E-state index < -0.39 is 5.54 Å². The Bertz CT molecular complexity index is 389. The number of hydrogen-bond acceptors (Lipinski definition) is 4. The number of carbonyl (C=O) groups is 1. The summed E-state index contributed by atoms with van der Waals surface area (Å²) >= 11 is 1.08. The van der Waals surface area contributed by atoms with E-state index in [-0.39, 0.29) is 17.2 Å². The molecule has 0 saturated heterocycles. The lowest BCUT2D eigenvalue weighted by molar-refractivity contribution is -0.122. The molecule has 0 saturated carbocycles. The van der Waals surface area contributed by atoms with Gasteiger partial charge in [-0.05, 0) is 13.8 Å². The van der Waals surface area contributed by atoms with E-state index >= 15 is 0 Å². The van der Waals surface area contributed by atoms with Gasteiger partial charge in [0.05, 0.1) is 6.54 Å². The Morgan fingerprint density at radius 2 is 2.33 bits per heavy atom. The quantitative estimate of drug-likeness (QED) is 0.688. The molecule has 0 radical (unpaired) electrons. The summed E-state index contributed by atoms with van der Waals surface area (Å²) < 4.78 is 0. The van der Waals surface area contributed by atoms with Gasteiger partial charge in [0.25, 0.3) is 0 Å². The van der Waals surface area contributed by atoms with Gasteiger partial charge in [-0.3, -0.25) is 9.59 Å². The second kappa shape index (κ2) is 4.59. The minimum Gasteiger partial charge on any atom is -0.350 e. The lowest BCUT2D eigenvalue weighted by Crippen LogP contribution is -2.38. The normalized spacial score (nSPS) is 11.4. The maximum absolute atomic E-state index is 11.4. The van der Waals surface area contributed by atoms with Crippen LogP contribution in [0.4, 0.5) is 0 Å². The number of amides is 1. The van der Waals surface area contributed by atoms with Crippen molar-refractivity contribution in [1.82, 2.24) is 10.3 Å². The molecular formula is C9H15N3O2S. The van der Waals surface area contributed by atoms with Gasteiger partial charge in [-0.2, -0.15) is 0 Å². The molecule has 0 aliphatic carbocycles. The van der Waals surface area contributed by atoms with Crippen molar-refractivity contribution < 1.29 is 4.79 Å². The van der Waals surface area contributed by atoms with Crippen LogP contribution in [-0.4, -0.2) is 16.4 Å². The summed E-state index contributed by atoms with van der Waals surface area (Å²) in [6.07, 6.45) is 0.265. The van der Waals surface area contributed by atoms with E-state index in [0.717, 1.165) is 11.3 Å². The van der Waals surface area contributed by atoms with Crippen LogP contribution in [0.15, 0.2) is 10.2 Å². The smallest absolute Gasteiger partial charge is 0.304 e. The standard InChI is InChI=1S/C9H15N3O2S/c1-9(2,10)3-7(13)11-4-6-5-15-8(14)12-6/h5H,3-4,10H2,1-2H3,(H,11,13)(H,12,14). The summed E-state index contributed by atoms with van der Waals surface area (Å²) in [4.78, 5) is 24.7. The Morgan fingerprint density at radius 3 is 2.80 bits per heavy atom. The van der Waals surface area contributed by atoms with Gasteiger partial charge in [0.1, 0.15) is 0 Å². The summed E-state index contributed by atoms with van der Waals surface area (Å²) in [6.45, 7) is 3.92. The van der Waals surface area contributed by atoms with Crippen molar-refractivity contribution >= 4 is 17.2 Å². The first kappa shape index (κ1) is 11.9. The largest absolute Gasteiger partial charge is 0.350 e. The average molecular weight is 229 g/mol. The first-order valence-corrected chi connectivity index (χ1v) is 5.47. The zero-order chi connectivity index (χ0) is 11.5. The molecule has 1 rings (SSSR count). The van der Waals surface area contributed by atoms with Gasteiger partial charge in [-0.15, -0.1) is 0 Å². The van der Waals surface area contributed by atoms with Crippen LogP contribution in [0, 0.1) is 0 Å². The number of aromatic nitrogens is 1. The summed E-state index contributed by atoms with van der Waals surface area (Å²) in [6, 6.07) is 0. The van der Waals surface area contributed by atoms with Crippen LogP contribution in [-0.2, 0) is 11.3 Å². The molecule has 0 atom stereocenters. The fourth-order valence-electron chi connectivity index (χ4n) is 1.07. The molecule has 1 aromatic rings. The molecule has 0 unspecified atom stereocenters. The molecule has 1 heterocycles. The van der Waals surface area contributed by atoms with E-state index in [9.17, 15) is 9.59 Å². The minimum absolute atomic E-state index is 0.113. The zero-order valence-corrected chi connectivity index (χ0v) is 9.61. The highest BCUT2D eigenvalue weighted by atomic mass is 32.1. The fraction of sp³-hybridized carbons (Fsp3) is 0.556. The first-order chi connectivity index (χ1) is 6.87. The molecule has 0 spiro atoms. The van der Waals surface area contributed by atoms with E-state index in [2.05, 4.69) is 10.3 Å². The van der Waals surface area contributed by atoms with Gasteiger partial charge in [-0.1, -0.05) is 11.3 Å². The van der Waals surface area contributed by atoms with Crippen molar-refractivity contribution in [1.29, 1.82) is 0 Å². The monoisotopic (exact) mass is 229 g/mol. The molecule has 0 aromatic carbocycles. The van der Waals surface area contributed by atoms with Crippen LogP contribution < -0.4 is 15.9 Å². The number of carbonyl (C=O) groups excluding carboxylic acids is 1. The number of nitrogens with one attached hydrogen (secondary N) is 2. The second-order valence-electron chi connectivity index (χ2n) is 4.12. The van der Waals surface area contributed by atoms with Crippen LogP contribution in [0.25, 0.3) is 0 Å². The highest BCUT2D eigenvalue weighted by molar-refractivity contribution is 7.07. The number of hydrogen-bond donors (Lipinski definition) is 3. The predicted octanol–water partition coefficient (Wildman–Crippen LogP) is 0.180. The van der Waals surface area contributed by atoms with Crippen LogP contribution in [0.5, 0.6) is 0 Å². The Labute approximate surface area is 91.7 Å². The van der Waals surface area contributed by atoms with E-state index in [0.29, 0.717) is 12.2 Å². The van der Waals surface area contributed by atoms with Crippen molar-refractivity contribution in [2.75, 3.05) is 0 Å². The van der Waals surface area contributed by atoms with E-state index in [1.165, 1.54) is 0 Å². The number of aromatic amines is 1. The zero-order valence-electron chi connectivity index (χ0n) is 8.79. The summed E-state index contributed by atoms with van der Waals surface area (Å²) in [5.74, 6) is -0.116. The van der Waals surface area contributed by atoms with E-state index in [4.69, 9.17) is 5.73 Å². The highest BCUT2D eigenvalue weighted by Crippen LogP contribution is 2.03. The summed E-state index contributed by atoms with van der Waals surface area (Å²) in [7, 11) is 0. The molecule has 4 N–H and O–H groups in total. The van der Waals surface area contributed by atoms with Gasteiger partial charge >= 0.3 is 4.87 Å². The summed E-state index contributed by atoms with van der Waals surface area (Å²) in [5, 5.41) is 4.38. The van der Waals surface area contributed by atoms with Crippen molar-refractivity contribution in [2.45, 2.75) is 32.4 Å². The first-order valence-electron chi connectivity index (χ1n) is 4.59. The van der Waals surface area contributed by atoms with Crippen molar-refractivity contribution in [3.05, 3.63) is 20.7 Å². The maximum atomic E-state index is 11.4. The Balaban J connectivity index is 2.38. The lowest BCUT2D eigenvalue weighted by atomic mass is 10.0. The molecule has 0 fully saturated rings. The molecule has 1 amide bonds. The lowest BCUT2D eigenvalue weighted by Gasteiger charge is -2.17. The Hall–Kier alpha value is -1.14. The molecule has 0 bridgehead atoms. The van der Waals surface area contributed by atoms with Gasteiger partial charge < -0.3 is 16.0 Å². The summed E-state index contributed by atoms with van der Waals surface area (Å²) in [5.41, 5.74) is 5.90. The second-order valence-corrected chi connectivity index (χ2v) is 4.96. The molecule has 84 valence electrons. The minimum atomic E-state index is -0.508. The van der Waals surface area contributed by atoms with Crippen molar-refractivity contribution in [3.63, 3.8) is 0 Å². The molecule has 5 nitrogen and oxygen atoms in total. The van der Waals surface area contributed by atoms with Crippen LogP contribution in [0.1, 0.15) is 26.0 Å². The third-order valence-corrected chi connectivity index (χ3v) is 2.38. The Kier molecular flexibility index (Phi) is 3.65. The molecule has 0 aliphatic rings. The van der Waals surface area contributed by atoms with E-state index in [1.807, 2.05) is 0 Å². The topological polar surface area (TPSA) is 88.0 Å². The van der Waals surface area contributed by atoms with Crippen LogP contribution >= 0.6 is 11.3 Å². The van der Waals surface area contributed by atoms with Crippen LogP contribution in [0.3, 0.4) is 0 Å². The fourth-order valence-corrected chi connectivity index (χ4v) is 1.65. The molecule has 15 heavy (non-hydrogen) atoms. The average Bonchev–Trinajstić information content (AvgIpc) is 2.45. The molecule has 6 heteroatoms. The molecular weight excluding hydrogens is 214 g/mol. The number of thiazole rings is 1. The van der Waals surface area contributed by atoms with Crippen LogP contribution in [0.2, 0.25) is 0 Å². The van der Waals surface area contributed by atoms with Gasteiger partial charge in [0.2, 0.25) is 5.91 Å². The van der Waals surface area contributed by atoms with Gasteiger partial charge in [0, 0.05) is 23.0 Å². The Morgan fingerprint density at radius 1 is 1.67 bits per heavy atom. The molecule has 1 aromatic heterocycles. The SMILES string of the molecule is CC(C)(N)CC(=O)NCc1csc(=O)[nH]1. The highest BCUT2D eigenvalue weighted by Gasteiger charge is 2.15. The van der Waals surface area contributed by atoms with E-state index in [1.54, 1.807) is 19.2 Å². The number of rotatable bonds is 4. The van der Waals surface area contributed by atoms with Crippen molar-refractivity contribution in [3.8, 4) is 0 Å². The van der Waals surface area contributed by atoms with Gasteiger partial charge in [0.15, 0.2) is 0 Å². The number of H-pyrrole nitrogens is 1. The number of nitrogens with two attached hydrogens (primary N) is 1. The third-order valence-electron chi connectivity index (χ3n) is 1.66. The molecule has 0 aliphatic heterocycles. The predicted molar refractivity (Wildman–Crippen MR) is 59.7 cm³/mol. The van der Waals surface area contributed by atoms with Gasteiger partial charge in [-0.25, -0.2) is 0 Å². The maximum Gasteiger partial charge on any atom is 0.304 e. The van der Waals surface area contributed by atoms with Crippen molar-refractivity contribution in [2.24, 2.45) is 5.73 Å². The third kappa shape index (κ3) is 4.75.